The smallest absolute Gasteiger partial charge is 0.220 e. The van der Waals surface area contributed by atoms with E-state index in [4.69, 9.17) is 28.4 Å². The van der Waals surface area contributed by atoms with Crippen molar-refractivity contribution in [1.29, 1.82) is 0 Å². The molecule has 0 saturated carbocycles. The normalized spacial score (nSPS) is 29.7. The highest BCUT2D eigenvalue weighted by Crippen LogP contribution is 2.33. The Hall–Kier alpha value is -1.21. The number of hydrogen-bond donors (Lipinski definition) is 12. The molecular formula is C62H119NO18. The number of nitrogens with one attached hydrogen (secondary N) is 1. The predicted molar refractivity (Wildman–Crippen MR) is 310 cm³/mol. The summed E-state index contributed by atoms with van der Waals surface area (Å²) in [5, 5.41) is 120. The van der Waals surface area contributed by atoms with E-state index in [0.29, 0.717) is 12.8 Å². The van der Waals surface area contributed by atoms with Crippen molar-refractivity contribution in [2.45, 2.75) is 362 Å². The third kappa shape index (κ3) is 29.4. The lowest BCUT2D eigenvalue weighted by atomic mass is 9.96. The van der Waals surface area contributed by atoms with Crippen molar-refractivity contribution in [2.24, 2.45) is 0 Å². The van der Waals surface area contributed by atoms with Crippen LogP contribution in [0.5, 0.6) is 0 Å². The molecule has 480 valence electrons. The molecule has 3 aliphatic heterocycles. The third-order valence-corrected chi connectivity index (χ3v) is 16.9. The van der Waals surface area contributed by atoms with Crippen LogP contribution in [0.3, 0.4) is 0 Å². The lowest BCUT2D eigenvalue weighted by Gasteiger charge is -2.48. The lowest BCUT2D eigenvalue weighted by molar-refractivity contribution is -0.379. The highest BCUT2D eigenvalue weighted by molar-refractivity contribution is 5.76. The minimum Gasteiger partial charge on any atom is -0.394 e. The Morgan fingerprint density at radius 2 is 0.704 bits per heavy atom. The third-order valence-electron chi connectivity index (χ3n) is 16.9. The van der Waals surface area contributed by atoms with Crippen LogP contribution in [-0.4, -0.2) is 193 Å². The molecule has 17 atom stereocenters. The number of hydrogen-bond acceptors (Lipinski definition) is 18. The molecule has 3 rings (SSSR count). The Morgan fingerprint density at radius 3 is 1.07 bits per heavy atom. The molecule has 19 nitrogen and oxygen atoms in total. The van der Waals surface area contributed by atoms with Crippen LogP contribution in [-0.2, 0) is 33.2 Å². The predicted octanol–water partition coefficient (Wildman–Crippen LogP) is 7.16. The maximum absolute atomic E-state index is 13.3. The zero-order valence-electron chi connectivity index (χ0n) is 50.3. The van der Waals surface area contributed by atoms with E-state index in [0.717, 1.165) is 44.9 Å². The van der Waals surface area contributed by atoms with Gasteiger partial charge in [-0.2, -0.15) is 0 Å². The summed E-state index contributed by atoms with van der Waals surface area (Å²) < 4.78 is 34.3. The monoisotopic (exact) mass is 1170 g/mol. The van der Waals surface area contributed by atoms with Gasteiger partial charge in [0, 0.05) is 6.42 Å². The summed E-state index contributed by atoms with van der Waals surface area (Å²) in [6.07, 6.45) is 19.4. The van der Waals surface area contributed by atoms with Crippen molar-refractivity contribution in [3.05, 3.63) is 0 Å². The summed E-state index contributed by atoms with van der Waals surface area (Å²) in [5.74, 6) is -0.239. The van der Waals surface area contributed by atoms with Gasteiger partial charge in [-0.15, -0.1) is 0 Å². The van der Waals surface area contributed by atoms with E-state index in [-0.39, 0.29) is 18.9 Å². The van der Waals surface area contributed by atoms with Crippen molar-refractivity contribution in [1.82, 2.24) is 5.32 Å². The number of ether oxygens (including phenoxy) is 6. The van der Waals surface area contributed by atoms with Gasteiger partial charge in [0.2, 0.25) is 5.91 Å². The molecule has 12 N–H and O–H groups in total. The fourth-order valence-corrected chi connectivity index (χ4v) is 11.6. The number of rotatable bonds is 50. The number of aliphatic hydroxyl groups excluding tert-OH is 11. The standard InChI is InChI=1S/C62H119NO18/c1-3-5-7-9-11-13-14-15-16-17-18-19-20-21-22-23-24-25-26-27-28-29-30-32-34-36-38-40-50(68)63-45(46(67)39-37-35-33-31-12-10-8-6-4-2)44-76-60-56(74)53(71)58(48(42-65)78-60)81-62-57(75)54(72)59(49(43-66)79-62)80-61-55(73)52(70)51(69)47(41-64)77-61/h45-49,51-62,64-67,69-75H,3-44H2,1-2H3,(H,63,68). The Morgan fingerprint density at radius 1 is 0.395 bits per heavy atom. The summed E-state index contributed by atoms with van der Waals surface area (Å²) in [7, 11) is 0. The van der Waals surface area contributed by atoms with Crippen LogP contribution in [0.25, 0.3) is 0 Å². The number of unbranched alkanes of at least 4 members (excludes halogenated alkanes) is 34. The van der Waals surface area contributed by atoms with Crippen molar-refractivity contribution >= 4 is 5.91 Å². The molecule has 0 radical (unpaired) electrons. The Kier molecular flexibility index (Phi) is 42.1. The van der Waals surface area contributed by atoms with E-state index in [9.17, 15) is 61.0 Å². The highest BCUT2D eigenvalue weighted by Gasteiger charge is 2.53. The van der Waals surface area contributed by atoms with Crippen LogP contribution in [0, 0.1) is 0 Å². The average Bonchev–Trinajstić information content (AvgIpc) is 3.47. The molecule has 19 heteroatoms. The molecule has 3 saturated heterocycles. The van der Waals surface area contributed by atoms with Crippen LogP contribution in [0.4, 0.5) is 0 Å². The molecule has 0 aliphatic carbocycles. The molecule has 17 unspecified atom stereocenters. The summed E-state index contributed by atoms with van der Waals surface area (Å²) in [5.41, 5.74) is 0. The summed E-state index contributed by atoms with van der Waals surface area (Å²) >= 11 is 0. The summed E-state index contributed by atoms with van der Waals surface area (Å²) in [6, 6.07) is -0.879. The fraction of sp³-hybridized carbons (Fsp3) is 0.984. The maximum Gasteiger partial charge on any atom is 0.220 e. The Bertz CT molecular complexity index is 1490. The average molecular weight is 1170 g/mol. The SMILES string of the molecule is CCCCCCCCCCCCCCCCCCCCCCCCCCCCCC(=O)NC(COC1OC(CO)C(OC2OC(CO)C(OC3OC(CO)C(O)C(O)C3O)C(O)C2O)C(O)C1O)C(O)CCCCCCCCCCC. The highest BCUT2D eigenvalue weighted by atomic mass is 16.8. The first-order valence-electron chi connectivity index (χ1n) is 32.8. The van der Waals surface area contributed by atoms with Crippen LogP contribution >= 0.6 is 0 Å². The van der Waals surface area contributed by atoms with Gasteiger partial charge >= 0.3 is 0 Å². The molecule has 0 aromatic rings. The van der Waals surface area contributed by atoms with Crippen LogP contribution in [0.1, 0.15) is 258 Å². The lowest BCUT2D eigenvalue weighted by Crippen LogP contribution is -2.66. The van der Waals surface area contributed by atoms with Crippen molar-refractivity contribution in [3.8, 4) is 0 Å². The van der Waals surface area contributed by atoms with Crippen LogP contribution in [0.2, 0.25) is 0 Å². The second kappa shape index (κ2) is 46.0. The molecule has 1 amide bonds. The van der Waals surface area contributed by atoms with Crippen LogP contribution < -0.4 is 5.32 Å². The minimum atomic E-state index is -1.97. The fourth-order valence-electron chi connectivity index (χ4n) is 11.6. The molecule has 0 aromatic heterocycles. The molecular weight excluding hydrogens is 1050 g/mol. The van der Waals surface area contributed by atoms with Gasteiger partial charge in [-0.25, -0.2) is 0 Å². The Balaban J connectivity index is 1.37. The number of amides is 1. The number of aliphatic hydroxyl groups is 11. The van der Waals surface area contributed by atoms with Gasteiger partial charge in [0.25, 0.3) is 0 Å². The van der Waals surface area contributed by atoms with Gasteiger partial charge in [0.05, 0.1) is 38.6 Å². The van der Waals surface area contributed by atoms with Gasteiger partial charge in [-0.3, -0.25) is 4.79 Å². The van der Waals surface area contributed by atoms with Gasteiger partial charge < -0.3 is 89.9 Å². The van der Waals surface area contributed by atoms with Gasteiger partial charge in [-0.1, -0.05) is 239 Å². The van der Waals surface area contributed by atoms with Gasteiger partial charge in [0.15, 0.2) is 18.9 Å². The molecule has 0 aromatic carbocycles. The second-order valence-electron chi connectivity index (χ2n) is 23.9. The molecule has 0 spiro atoms. The van der Waals surface area contributed by atoms with Crippen molar-refractivity contribution in [3.63, 3.8) is 0 Å². The topological polar surface area (TPSA) is 307 Å². The second-order valence-corrected chi connectivity index (χ2v) is 23.9. The van der Waals surface area contributed by atoms with E-state index in [2.05, 4.69) is 19.2 Å². The first-order valence-corrected chi connectivity index (χ1v) is 32.8. The largest absolute Gasteiger partial charge is 0.394 e. The van der Waals surface area contributed by atoms with E-state index < -0.39 is 124 Å². The molecule has 3 heterocycles. The first-order chi connectivity index (χ1) is 39.3. The Labute approximate surface area is 487 Å². The van der Waals surface area contributed by atoms with E-state index in [1.165, 1.54) is 180 Å². The molecule has 0 bridgehead atoms. The van der Waals surface area contributed by atoms with Gasteiger partial charge in [0.1, 0.15) is 73.2 Å². The maximum atomic E-state index is 13.3. The zero-order valence-corrected chi connectivity index (χ0v) is 50.3. The van der Waals surface area contributed by atoms with Crippen molar-refractivity contribution in [2.75, 3.05) is 26.4 Å². The summed E-state index contributed by atoms with van der Waals surface area (Å²) in [4.78, 5) is 13.3. The van der Waals surface area contributed by atoms with E-state index >= 15 is 0 Å². The minimum absolute atomic E-state index is 0.239. The van der Waals surface area contributed by atoms with E-state index in [1.807, 2.05) is 0 Å². The van der Waals surface area contributed by atoms with Crippen LogP contribution in [0.15, 0.2) is 0 Å². The van der Waals surface area contributed by atoms with Crippen molar-refractivity contribution < 1.29 is 89.4 Å². The molecule has 3 fully saturated rings. The van der Waals surface area contributed by atoms with Gasteiger partial charge in [-0.05, 0) is 12.8 Å². The summed E-state index contributed by atoms with van der Waals surface area (Å²) in [6.45, 7) is 1.79. The van der Waals surface area contributed by atoms with E-state index in [1.54, 1.807) is 0 Å². The number of carbonyl (C=O) groups excluding carboxylic acids is 1. The number of carbonyl (C=O) groups is 1. The first kappa shape index (κ1) is 74.0. The zero-order chi connectivity index (χ0) is 59.0. The molecule has 81 heavy (non-hydrogen) atoms. The quantitative estimate of drug-likeness (QED) is 0.0269. The molecule has 3 aliphatic rings.